The van der Waals surface area contributed by atoms with E-state index in [2.05, 4.69) is 20.6 Å². The first-order chi connectivity index (χ1) is 11.7. The first-order valence-corrected chi connectivity index (χ1v) is 7.55. The van der Waals surface area contributed by atoms with E-state index in [1.807, 2.05) is 0 Å². The number of halogens is 4. The number of aromatic nitrogens is 2. The second kappa shape index (κ2) is 7.64. The van der Waals surface area contributed by atoms with Gasteiger partial charge in [-0.3, -0.25) is 0 Å². The number of rotatable bonds is 6. The SMILES string of the molecule is CC(C)[C@@H](CO)Nc1nc(Nc2ccc(F)cc2)cc(C(F)(F)F)n1. The fourth-order valence-corrected chi connectivity index (χ4v) is 1.99. The van der Waals surface area contributed by atoms with Crippen LogP contribution in [0.25, 0.3) is 0 Å². The molecule has 0 aliphatic carbocycles. The molecule has 3 N–H and O–H groups in total. The summed E-state index contributed by atoms with van der Waals surface area (Å²) in [6, 6.07) is 5.37. The monoisotopic (exact) mass is 358 g/mol. The van der Waals surface area contributed by atoms with Crippen LogP contribution in [0.5, 0.6) is 0 Å². The summed E-state index contributed by atoms with van der Waals surface area (Å²) in [6.45, 7) is 3.33. The molecule has 0 amide bonds. The number of nitrogens with one attached hydrogen (secondary N) is 2. The number of aliphatic hydroxyl groups is 1. The molecule has 0 radical (unpaired) electrons. The van der Waals surface area contributed by atoms with Crippen LogP contribution in [-0.2, 0) is 6.18 Å². The van der Waals surface area contributed by atoms with Gasteiger partial charge in [0.2, 0.25) is 5.95 Å². The van der Waals surface area contributed by atoms with Crippen molar-refractivity contribution >= 4 is 17.5 Å². The highest BCUT2D eigenvalue weighted by Gasteiger charge is 2.34. The van der Waals surface area contributed by atoms with E-state index in [0.29, 0.717) is 5.69 Å². The van der Waals surface area contributed by atoms with Crippen LogP contribution >= 0.6 is 0 Å². The molecule has 0 fully saturated rings. The van der Waals surface area contributed by atoms with E-state index in [9.17, 15) is 22.7 Å². The average molecular weight is 358 g/mol. The molecule has 136 valence electrons. The van der Waals surface area contributed by atoms with Gasteiger partial charge in [0.25, 0.3) is 0 Å². The Morgan fingerprint density at radius 3 is 2.28 bits per heavy atom. The summed E-state index contributed by atoms with van der Waals surface area (Å²) >= 11 is 0. The lowest BCUT2D eigenvalue weighted by atomic mass is 10.1. The lowest BCUT2D eigenvalue weighted by Crippen LogP contribution is -2.30. The Hall–Kier alpha value is -2.42. The van der Waals surface area contributed by atoms with Crippen molar-refractivity contribution in [2.75, 3.05) is 17.2 Å². The fraction of sp³-hybridized carbons (Fsp3) is 0.375. The minimum Gasteiger partial charge on any atom is -0.394 e. The van der Waals surface area contributed by atoms with Gasteiger partial charge in [-0.2, -0.15) is 18.2 Å². The summed E-state index contributed by atoms with van der Waals surface area (Å²) in [5.41, 5.74) is -0.753. The maximum atomic E-state index is 13.1. The summed E-state index contributed by atoms with van der Waals surface area (Å²) in [7, 11) is 0. The maximum absolute atomic E-state index is 13.1. The highest BCUT2D eigenvalue weighted by atomic mass is 19.4. The zero-order chi connectivity index (χ0) is 18.6. The fourth-order valence-electron chi connectivity index (χ4n) is 1.99. The zero-order valence-electron chi connectivity index (χ0n) is 13.6. The Kier molecular flexibility index (Phi) is 5.78. The van der Waals surface area contributed by atoms with Gasteiger partial charge in [-0.05, 0) is 30.2 Å². The topological polar surface area (TPSA) is 70.1 Å². The van der Waals surface area contributed by atoms with E-state index >= 15 is 0 Å². The van der Waals surface area contributed by atoms with Crippen LogP contribution in [0.15, 0.2) is 30.3 Å². The van der Waals surface area contributed by atoms with Crippen molar-refractivity contribution < 1.29 is 22.7 Å². The number of hydrogen-bond donors (Lipinski definition) is 3. The van der Waals surface area contributed by atoms with Gasteiger partial charge in [-0.15, -0.1) is 0 Å². The molecular weight excluding hydrogens is 340 g/mol. The smallest absolute Gasteiger partial charge is 0.394 e. The lowest BCUT2D eigenvalue weighted by Gasteiger charge is -2.21. The molecule has 0 spiro atoms. The normalized spacial score (nSPS) is 13.0. The molecule has 1 aromatic heterocycles. The predicted octanol–water partition coefficient (Wildman–Crippen LogP) is 3.81. The van der Waals surface area contributed by atoms with Crippen molar-refractivity contribution in [1.82, 2.24) is 9.97 Å². The molecule has 2 rings (SSSR count). The van der Waals surface area contributed by atoms with Gasteiger partial charge in [0, 0.05) is 11.8 Å². The van der Waals surface area contributed by atoms with Crippen LogP contribution in [0.3, 0.4) is 0 Å². The molecule has 0 unspecified atom stereocenters. The molecule has 1 aromatic carbocycles. The Morgan fingerprint density at radius 2 is 1.76 bits per heavy atom. The molecule has 0 aliphatic heterocycles. The number of hydrogen-bond acceptors (Lipinski definition) is 5. The molecule has 1 heterocycles. The van der Waals surface area contributed by atoms with Crippen LogP contribution < -0.4 is 10.6 Å². The van der Waals surface area contributed by atoms with Gasteiger partial charge < -0.3 is 15.7 Å². The average Bonchev–Trinajstić information content (AvgIpc) is 2.53. The van der Waals surface area contributed by atoms with E-state index in [1.54, 1.807) is 13.8 Å². The third-order valence-corrected chi connectivity index (χ3v) is 3.45. The summed E-state index contributed by atoms with van der Waals surface area (Å²) < 4.78 is 52.2. The standard InChI is InChI=1S/C16H18F4N4O/c1-9(2)12(8-25)22-15-23-13(16(18,19)20)7-14(24-15)21-11-5-3-10(17)4-6-11/h3-7,9,12,25H,8H2,1-2H3,(H2,21,22,23,24)/t12-/m1/s1. The van der Waals surface area contributed by atoms with Crippen molar-refractivity contribution in [1.29, 1.82) is 0 Å². The van der Waals surface area contributed by atoms with Crippen LogP contribution in [0.2, 0.25) is 0 Å². The number of aliphatic hydroxyl groups excluding tert-OH is 1. The van der Waals surface area contributed by atoms with Crippen LogP contribution in [0, 0.1) is 11.7 Å². The summed E-state index contributed by atoms with van der Waals surface area (Å²) in [4.78, 5) is 7.47. The third-order valence-electron chi connectivity index (χ3n) is 3.45. The summed E-state index contributed by atoms with van der Waals surface area (Å²) in [5.74, 6) is -0.866. The van der Waals surface area contributed by atoms with Gasteiger partial charge in [0.1, 0.15) is 11.6 Å². The number of anilines is 3. The quantitative estimate of drug-likeness (QED) is 0.685. The number of benzene rings is 1. The minimum absolute atomic E-state index is 0.0448. The first kappa shape index (κ1) is 18.9. The number of alkyl halides is 3. The van der Waals surface area contributed by atoms with Crippen molar-refractivity contribution in [2.45, 2.75) is 26.1 Å². The third kappa shape index (κ3) is 5.28. The van der Waals surface area contributed by atoms with Gasteiger partial charge in [0.05, 0.1) is 12.6 Å². The lowest BCUT2D eigenvalue weighted by molar-refractivity contribution is -0.141. The summed E-state index contributed by atoms with van der Waals surface area (Å²) in [6.07, 6.45) is -4.66. The van der Waals surface area contributed by atoms with Crippen molar-refractivity contribution in [3.8, 4) is 0 Å². The van der Waals surface area contributed by atoms with Crippen molar-refractivity contribution in [3.05, 3.63) is 41.8 Å². The second-order valence-electron chi connectivity index (χ2n) is 5.77. The van der Waals surface area contributed by atoms with E-state index in [1.165, 1.54) is 24.3 Å². The van der Waals surface area contributed by atoms with Crippen molar-refractivity contribution in [2.24, 2.45) is 5.92 Å². The van der Waals surface area contributed by atoms with Gasteiger partial charge in [-0.25, -0.2) is 9.37 Å². The second-order valence-corrected chi connectivity index (χ2v) is 5.77. The number of nitrogens with zero attached hydrogens (tertiary/aromatic N) is 2. The predicted molar refractivity (Wildman–Crippen MR) is 86.1 cm³/mol. The molecule has 2 aromatic rings. The zero-order valence-corrected chi connectivity index (χ0v) is 13.6. The van der Waals surface area contributed by atoms with Gasteiger partial charge in [-0.1, -0.05) is 13.8 Å². The molecule has 0 saturated heterocycles. The maximum Gasteiger partial charge on any atom is 0.433 e. The molecule has 25 heavy (non-hydrogen) atoms. The van der Waals surface area contributed by atoms with E-state index in [4.69, 9.17) is 0 Å². The van der Waals surface area contributed by atoms with E-state index < -0.39 is 23.7 Å². The first-order valence-electron chi connectivity index (χ1n) is 7.55. The molecular formula is C16H18F4N4O. The Balaban J connectivity index is 2.34. The van der Waals surface area contributed by atoms with Crippen molar-refractivity contribution in [3.63, 3.8) is 0 Å². The largest absolute Gasteiger partial charge is 0.433 e. The van der Waals surface area contributed by atoms with Gasteiger partial charge in [0.15, 0.2) is 5.69 Å². The Labute approximate surface area is 142 Å². The van der Waals surface area contributed by atoms with E-state index in [-0.39, 0.29) is 24.3 Å². The molecule has 5 nitrogen and oxygen atoms in total. The molecule has 0 saturated carbocycles. The molecule has 1 atom stereocenters. The van der Waals surface area contributed by atoms with Crippen LogP contribution in [0.4, 0.5) is 35.0 Å². The minimum atomic E-state index is -4.66. The van der Waals surface area contributed by atoms with E-state index in [0.717, 1.165) is 6.07 Å². The Morgan fingerprint density at radius 1 is 1.12 bits per heavy atom. The van der Waals surface area contributed by atoms with Gasteiger partial charge >= 0.3 is 6.18 Å². The highest BCUT2D eigenvalue weighted by molar-refractivity contribution is 5.57. The summed E-state index contributed by atoms with van der Waals surface area (Å²) in [5, 5.41) is 14.7. The van der Waals surface area contributed by atoms with Crippen LogP contribution in [-0.4, -0.2) is 27.7 Å². The molecule has 0 bridgehead atoms. The molecule has 0 aliphatic rings. The highest BCUT2D eigenvalue weighted by Crippen LogP contribution is 2.30. The van der Waals surface area contributed by atoms with Crippen LogP contribution in [0.1, 0.15) is 19.5 Å². The Bertz CT molecular complexity index is 704. The molecule has 9 heteroatoms.